The maximum absolute atomic E-state index is 6.06. The zero-order valence-electron chi connectivity index (χ0n) is 17.6. The molecule has 0 aliphatic rings. The van der Waals surface area contributed by atoms with E-state index >= 15 is 0 Å². The van der Waals surface area contributed by atoms with Crippen LogP contribution in [0.5, 0.6) is 0 Å². The highest BCUT2D eigenvalue weighted by molar-refractivity contribution is 5.43. The van der Waals surface area contributed by atoms with E-state index in [1.165, 1.54) is 95.6 Å². The third-order valence-electron chi connectivity index (χ3n) is 5.00. The second-order valence-corrected chi connectivity index (χ2v) is 7.51. The van der Waals surface area contributed by atoms with E-state index in [2.05, 4.69) is 49.2 Å². The molecule has 0 saturated carbocycles. The topological polar surface area (TPSA) is 12.5 Å². The van der Waals surface area contributed by atoms with Crippen molar-refractivity contribution in [1.82, 2.24) is 0 Å². The lowest BCUT2D eigenvalue weighted by Crippen LogP contribution is -2.25. The van der Waals surface area contributed by atoms with Crippen molar-refractivity contribution >= 4 is 5.69 Å². The van der Waals surface area contributed by atoms with E-state index in [0.29, 0.717) is 0 Å². The zero-order chi connectivity index (χ0) is 18.7. The molecule has 0 radical (unpaired) electrons. The van der Waals surface area contributed by atoms with Crippen molar-refractivity contribution in [2.24, 2.45) is 0 Å². The van der Waals surface area contributed by atoms with Crippen LogP contribution >= 0.6 is 0 Å². The van der Waals surface area contributed by atoms with Gasteiger partial charge in [0, 0.05) is 6.54 Å². The lowest BCUT2D eigenvalue weighted by atomic mass is 10.1. The summed E-state index contributed by atoms with van der Waals surface area (Å²) < 4.78 is 0. The number of unbranched alkanes of at least 4 members (excludes halogenated alkanes) is 12. The van der Waals surface area contributed by atoms with Gasteiger partial charge in [-0.3, -0.25) is 9.90 Å². The lowest BCUT2D eigenvalue weighted by Gasteiger charge is -2.23. The predicted molar refractivity (Wildman–Crippen MR) is 116 cm³/mol. The molecule has 0 fully saturated rings. The summed E-state index contributed by atoms with van der Waals surface area (Å²) in [4.78, 5) is 6.06. The molecule has 0 aliphatic heterocycles. The molecule has 0 unspecified atom stereocenters. The number of anilines is 1. The van der Waals surface area contributed by atoms with Gasteiger partial charge in [-0.05, 0) is 25.0 Å². The van der Waals surface area contributed by atoms with E-state index in [1.54, 1.807) is 0 Å². The summed E-state index contributed by atoms with van der Waals surface area (Å²) in [6, 6.07) is 10.5. The van der Waals surface area contributed by atoms with Crippen molar-refractivity contribution in [3.8, 4) is 0 Å². The molecule has 0 amide bonds. The van der Waals surface area contributed by atoms with Crippen LogP contribution in [0.15, 0.2) is 30.3 Å². The smallest absolute Gasteiger partial charge is 0.0748 e. The Morgan fingerprint density at radius 1 is 0.615 bits per heavy atom. The third-order valence-corrected chi connectivity index (χ3v) is 5.00. The van der Waals surface area contributed by atoms with E-state index in [-0.39, 0.29) is 0 Å². The molecule has 0 atom stereocenters. The summed E-state index contributed by atoms with van der Waals surface area (Å²) >= 11 is 0. The van der Waals surface area contributed by atoms with Gasteiger partial charge in [0.25, 0.3) is 0 Å². The molecule has 0 aromatic heterocycles. The molecule has 0 N–H and O–H groups in total. The molecular weight excluding hydrogens is 318 g/mol. The van der Waals surface area contributed by atoms with E-state index in [9.17, 15) is 0 Å². The van der Waals surface area contributed by atoms with E-state index < -0.39 is 0 Å². The van der Waals surface area contributed by atoms with Gasteiger partial charge in [-0.1, -0.05) is 109 Å². The van der Waals surface area contributed by atoms with E-state index in [0.717, 1.165) is 13.2 Å². The van der Waals surface area contributed by atoms with Gasteiger partial charge in [0.1, 0.15) is 0 Å². The maximum atomic E-state index is 6.06. The summed E-state index contributed by atoms with van der Waals surface area (Å²) in [6.07, 6.45) is 19.0. The Hall–Kier alpha value is -1.02. The summed E-state index contributed by atoms with van der Waals surface area (Å²) in [7, 11) is 0. The van der Waals surface area contributed by atoms with Crippen LogP contribution in [0.1, 0.15) is 104 Å². The minimum Gasteiger partial charge on any atom is -0.273 e. The van der Waals surface area contributed by atoms with Gasteiger partial charge in [-0.15, -0.1) is 0 Å². The van der Waals surface area contributed by atoms with Crippen molar-refractivity contribution in [1.29, 1.82) is 0 Å². The van der Waals surface area contributed by atoms with Crippen molar-refractivity contribution in [3.63, 3.8) is 0 Å². The van der Waals surface area contributed by atoms with Gasteiger partial charge in [0.15, 0.2) is 0 Å². The highest BCUT2D eigenvalue weighted by Gasteiger charge is 2.05. The Bertz CT molecular complexity index is 392. The Morgan fingerprint density at radius 3 is 1.65 bits per heavy atom. The SMILES string of the molecule is CCCCCCCCCCCCCCON(CCCC)c1ccccc1. The number of rotatable bonds is 18. The summed E-state index contributed by atoms with van der Waals surface area (Å²) in [6.45, 7) is 6.35. The summed E-state index contributed by atoms with van der Waals surface area (Å²) in [5.41, 5.74) is 1.18. The van der Waals surface area contributed by atoms with Gasteiger partial charge >= 0.3 is 0 Å². The molecule has 0 saturated heterocycles. The van der Waals surface area contributed by atoms with Crippen LogP contribution in [0.4, 0.5) is 5.69 Å². The molecule has 2 nitrogen and oxygen atoms in total. The minimum absolute atomic E-state index is 0.843. The van der Waals surface area contributed by atoms with Crippen LogP contribution in [0.3, 0.4) is 0 Å². The largest absolute Gasteiger partial charge is 0.273 e. The van der Waals surface area contributed by atoms with E-state index in [4.69, 9.17) is 4.84 Å². The van der Waals surface area contributed by atoms with Gasteiger partial charge in [-0.25, -0.2) is 0 Å². The quantitative estimate of drug-likeness (QED) is 0.194. The molecule has 1 aromatic rings. The fraction of sp³-hybridized carbons (Fsp3) is 0.750. The molecule has 0 bridgehead atoms. The van der Waals surface area contributed by atoms with Gasteiger partial charge < -0.3 is 0 Å². The molecular formula is C24H43NO. The number of hydrogen-bond acceptors (Lipinski definition) is 2. The van der Waals surface area contributed by atoms with Gasteiger partial charge in [-0.2, -0.15) is 0 Å². The van der Waals surface area contributed by atoms with Crippen LogP contribution < -0.4 is 5.06 Å². The second-order valence-electron chi connectivity index (χ2n) is 7.51. The monoisotopic (exact) mass is 361 g/mol. The first-order chi connectivity index (χ1) is 12.9. The van der Waals surface area contributed by atoms with Crippen LogP contribution in [-0.2, 0) is 4.84 Å². The molecule has 0 heterocycles. The zero-order valence-corrected chi connectivity index (χ0v) is 17.6. The standard InChI is InChI=1S/C24H43NO/c1-3-5-7-8-9-10-11-12-13-14-15-19-23-26-25(22-6-4-2)24-20-17-16-18-21-24/h16-18,20-21H,3-15,19,22-23H2,1-2H3. The fourth-order valence-corrected chi connectivity index (χ4v) is 3.28. The Labute approximate surface area is 163 Å². The second kappa shape index (κ2) is 17.4. The first-order valence-corrected chi connectivity index (χ1v) is 11.3. The van der Waals surface area contributed by atoms with Crippen LogP contribution in [-0.4, -0.2) is 13.2 Å². The average molecular weight is 362 g/mol. The minimum atomic E-state index is 0.843. The first-order valence-electron chi connectivity index (χ1n) is 11.3. The lowest BCUT2D eigenvalue weighted by molar-refractivity contribution is 0.103. The first kappa shape index (κ1) is 23.0. The molecule has 0 aliphatic carbocycles. The molecule has 150 valence electrons. The molecule has 26 heavy (non-hydrogen) atoms. The van der Waals surface area contributed by atoms with Crippen LogP contribution in [0, 0.1) is 0 Å². The summed E-state index contributed by atoms with van der Waals surface area (Å²) in [5.74, 6) is 0. The number of hydroxylamine groups is 1. The Morgan fingerprint density at radius 2 is 1.12 bits per heavy atom. The number of benzene rings is 1. The number of hydrogen-bond donors (Lipinski definition) is 0. The predicted octanol–water partition coefficient (Wildman–Crippen LogP) is 7.93. The van der Waals surface area contributed by atoms with Gasteiger partial charge in [0.05, 0.1) is 12.3 Å². The number of para-hydroxylation sites is 1. The molecule has 1 rings (SSSR count). The molecule has 1 aromatic carbocycles. The van der Waals surface area contributed by atoms with Crippen LogP contribution in [0.25, 0.3) is 0 Å². The summed E-state index contributed by atoms with van der Waals surface area (Å²) in [5, 5.41) is 2.09. The number of nitrogens with zero attached hydrogens (tertiary/aromatic N) is 1. The normalized spacial score (nSPS) is 11.0. The maximum Gasteiger partial charge on any atom is 0.0748 e. The highest BCUT2D eigenvalue weighted by Crippen LogP contribution is 2.16. The average Bonchev–Trinajstić information content (AvgIpc) is 2.68. The highest BCUT2D eigenvalue weighted by atomic mass is 16.7. The van der Waals surface area contributed by atoms with Crippen molar-refractivity contribution < 1.29 is 4.84 Å². The van der Waals surface area contributed by atoms with Crippen molar-refractivity contribution in [3.05, 3.63) is 30.3 Å². The van der Waals surface area contributed by atoms with Crippen molar-refractivity contribution in [2.45, 2.75) is 104 Å². The van der Waals surface area contributed by atoms with Crippen molar-refractivity contribution in [2.75, 3.05) is 18.2 Å². The third kappa shape index (κ3) is 12.4. The van der Waals surface area contributed by atoms with Gasteiger partial charge in [0.2, 0.25) is 0 Å². The fourth-order valence-electron chi connectivity index (χ4n) is 3.28. The Balaban J connectivity index is 1.97. The van der Waals surface area contributed by atoms with Crippen LogP contribution in [0.2, 0.25) is 0 Å². The van der Waals surface area contributed by atoms with E-state index in [1.807, 2.05) is 0 Å². The molecule has 0 spiro atoms. The Kier molecular flexibility index (Phi) is 15.4. The molecule has 2 heteroatoms.